The molecular weight excluding hydrogens is 506 g/mol. The van der Waals surface area contributed by atoms with Crippen LogP contribution >= 0.6 is 12.4 Å². The van der Waals surface area contributed by atoms with Gasteiger partial charge in [0, 0.05) is 24.4 Å². The van der Waals surface area contributed by atoms with Crippen LogP contribution in [0.15, 0.2) is 59.6 Å². The number of nitro benzene ring substituents is 1. The number of nitrogens with two attached hydrogens (primary N) is 2. The van der Waals surface area contributed by atoms with Crippen molar-refractivity contribution in [2.75, 3.05) is 11.9 Å². The molecule has 0 aliphatic heterocycles. The third-order valence-electron chi connectivity index (χ3n) is 4.86. The zero-order valence-corrected chi connectivity index (χ0v) is 20.9. The molecule has 2 unspecified atom stereocenters. The number of nitrogens with zero attached hydrogens (tertiary/aromatic N) is 2. The summed E-state index contributed by atoms with van der Waals surface area (Å²) < 4.78 is 5.11. The summed E-state index contributed by atoms with van der Waals surface area (Å²) in [5, 5.41) is 18.4. The minimum absolute atomic E-state index is 0. The molecule has 2 aromatic rings. The van der Waals surface area contributed by atoms with E-state index in [9.17, 15) is 24.5 Å². The van der Waals surface area contributed by atoms with E-state index in [0.29, 0.717) is 12.1 Å². The molecule has 37 heavy (non-hydrogen) atoms. The highest BCUT2D eigenvalue weighted by molar-refractivity contribution is 5.98. The first kappa shape index (κ1) is 30.6. The van der Waals surface area contributed by atoms with Crippen molar-refractivity contribution in [2.24, 2.45) is 16.5 Å². The van der Waals surface area contributed by atoms with Crippen molar-refractivity contribution in [1.82, 2.24) is 10.6 Å². The van der Waals surface area contributed by atoms with Gasteiger partial charge in [0.1, 0.15) is 18.7 Å². The number of anilines is 1. The number of aliphatic imine (C=N–C) groups is 1. The molecule has 0 fully saturated rings. The van der Waals surface area contributed by atoms with Crippen molar-refractivity contribution >= 4 is 47.6 Å². The van der Waals surface area contributed by atoms with Gasteiger partial charge in [-0.2, -0.15) is 0 Å². The van der Waals surface area contributed by atoms with E-state index in [1.54, 1.807) is 12.1 Å². The third-order valence-corrected chi connectivity index (χ3v) is 4.86. The van der Waals surface area contributed by atoms with E-state index in [1.807, 2.05) is 18.2 Å². The highest BCUT2D eigenvalue weighted by Crippen LogP contribution is 2.16. The monoisotopic (exact) mass is 535 g/mol. The number of amides is 3. The van der Waals surface area contributed by atoms with E-state index in [2.05, 4.69) is 20.9 Å². The maximum absolute atomic E-state index is 12.8. The molecule has 0 aromatic heterocycles. The van der Waals surface area contributed by atoms with Gasteiger partial charge in [0.2, 0.25) is 11.8 Å². The number of nitrogens with one attached hydrogen (secondary N) is 3. The second-order valence-electron chi connectivity index (χ2n) is 7.73. The number of rotatable bonds is 12. The summed E-state index contributed by atoms with van der Waals surface area (Å²) in [6.07, 6.45) is -0.231. The van der Waals surface area contributed by atoms with Gasteiger partial charge in [0.25, 0.3) is 5.69 Å². The average Bonchev–Trinajstić information content (AvgIpc) is 2.85. The van der Waals surface area contributed by atoms with E-state index in [4.69, 9.17) is 16.2 Å². The lowest BCUT2D eigenvalue weighted by molar-refractivity contribution is -0.384. The highest BCUT2D eigenvalue weighted by Gasteiger charge is 2.25. The largest absolute Gasteiger partial charge is 0.445 e. The number of benzene rings is 2. The second-order valence-corrected chi connectivity index (χ2v) is 7.73. The standard InChI is InChI=1S/C23H29N7O6.ClH/c1-15(27-23(33)36-14-16-6-3-2-4-7-16)20(31)29-19(8-5-13-26-22(24)25)21(32)28-17-9-11-18(12-10-17)30(34)35;/h2-4,6-7,9-12,15,19H,5,8,13-14H2,1H3,(H,27,33)(H,28,32)(H,29,31)(H4,24,25,26);1H. The lowest BCUT2D eigenvalue weighted by atomic mass is 10.1. The number of hydrogen-bond donors (Lipinski definition) is 5. The van der Waals surface area contributed by atoms with Crippen molar-refractivity contribution in [3.8, 4) is 0 Å². The fraction of sp³-hybridized carbons (Fsp3) is 0.304. The molecule has 0 aliphatic carbocycles. The van der Waals surface area contributed by atoms with E-state index in [-0.39, 0.29) is 43.6 Å². The molecule has 2 atom stereocenters. The van der Waals surface area contributed by atoms with Crippen molar-refractivity contribution in [3.63, 3.8) is 0 Å². The van der Waals surface area contributed by atoms with Gasteiger partial charge in [-0.1, -0.05) is 30.3 Å². The molecule has 2 aromatic carbocycles. The van der Waals surface area contributed by atoms with Gasteiger partial charge in [-0.3, -0.25) is 24.7 Å². The molecule has 13 nitrogen and oxygen atoms in total. The van der Waals surface area contributed by atoms with Crippen LogP contribution in [0, 0.1) is 10.1 Å². The topological polar surface area (TPSA) is 204 Å². The normalized spacial score (nSPS) is 11.6. The van der Waals surface area contributed by atoms with Crippen LogP contribution < -0.4 is 27.4 Å². The van der Waals surface area contributed by atoms with Gasteiger partial charge < -0.3 is 32.2 Å². The summed E-state index contributed by atoms with van der Waals surface area (Å²) in [4.78, 5) is 51.7. The Morgan fingerprint density at radius 3 is 2.27 bits per heavy atom. The predicted octanol–water partition coefficient (Wildman–Crippen LogP) is 1.81. The van der Waals surface area contributed by atoms with Gasteiger partial charge in [-0.15, -0.1) is 12.4 Å². The first-order valence-corrected chi connectivity index (χ1v) is 11.0. The van der Waals surface area contributed by atoms with Crippen LogP contribution in [-0.4, -0.2) is 47.4 Å². The molecule has 7 N–H and O–H groups in total. The van der Waals surface area contributed by atoms with E-state index >= 15 is 0 Å². The van der Waals surface area contributed by atoms with E-state index in [1.165, 1.54) is 31.2 Å². The predicted molar refractivity (Wildman–Crippen MR) is 140 cm³/mol. The van der Waals surface area contributed by atoms with Crippen LogP contribution in [0.1, 0.15) is 25.3 Å². The Balaban J connectivity index is 0.00000684. The van der Waals surface area contributed by atoms with Gasteiger partial charge in [0.05, 0.1) is 4.92 Å². The van der Waals surface area contributed by atoms with Crippen molar-refractivity contribution in [3.05, 3.63) is 70.3 Å². The summed E-state index contributed by atoms with van der Waals surface area (Å²) in [6, 6.07) is 12.3. The lowest BCUT2D eigenvalue weighted by Crippen LogP contribution is -2.51. The van der Waals surface area contributed by atoms with E-state index in [0.717, 1.165) is 5.56 Å². The zero-order valence-electron chi connectivity index (χ0n) is 20.1. The molecule has 2 rings (SSSR count). The van der Waals surface area contributed by atoms with Crippen LogP contribution in [-0.2, 0) is 20.9 Å². The lowest BCUT2D eigenvalue weighted by Gasteiger charge is -2.21. The first-order chi connectivity index (χ1) is 17.2. The number of guanidine groups is 1. The maximum atomic E-state index is 12.8. The Hall–Kier alpha value is -4.39. The molecule has 0 heterocycles. The summed E-state index contributed by atoms with van der Waals surface area (Å²) in [6.45, 7) is 1.72. The Labute approximate surface area is 219 Å². The molecule has 0 bridgehead atoms. The minimum atomic E-state index is -0.999. The molecule has 0 radical (unpaired) electrons. The third kappa shape index (κ3) is 11.3. The number of non-ortho nitro benzene ring substituents is 1. The molecule has 0 aliphatic rings. The Kier molecular flexibility index (Phi) is 12.9. The maximum Gasteiger partial charge on any atom is 0.408 e. The summed E-state index contributed by atoms with van der Waals surface area (Å²) in [5.41, 5.74) is 11.6. The van der Waals surface area contributed by atoms with Crippen LogP contribution in [0.3, 0.4) is 0 Å². The Bertz CT molecular complexity index is 1080. The molecular formula is C23H30ClN7O6. The summed E-state index contributed by atoms with van der Waals surface area (Å²) in [5.74, 6) is -1.27. The van der Waals surface area contributed by atoms with Crippen LogP contribution in [0.25, 0.3) is 0 Å². The number of hydrogen-bond acceptors (Lipinski definition) is 7. The summed E-state index contributed by atoms with van der Waals surface area (Å²) >= 11 is 0. The number of carbonyl (C=O) groups is 3. The van der Waals surface area contributed by atoms with Crippen LogP contribution in [0.4, 0.5) is 16.2 Å². The number of ether oxygens (including phenoxy) is 1. The van der Waals surface area contributed by atoms with Crippen LogP contribution in [0.5, 0.6) is 0 Å². The quantitative estimate of drug-likeness (QED) is 0.0888. The smallest absolute Gasteiger partial charge is 0.408 e. The highest BCUT2D eigenvalue weighted by atomic mass is 35.5. The number of halogens is 1. The minimum Gasteiger partial charge on any atom is -0.445 e. The van der Waals surface area contributed by atoms with Gasteiger partial charge in [-0.25, -0.2) is 4.79 Å². The van der Waals surface area contributed by atoms with Crippen molar-refractivity contribution in [1.29, 1.82) is 0 Å². The first-order valence-electron chi connectivity index (χ1n) is 11.0. The number of nitro groups is 1. The average molecular weight is 536 g/mol. The SMILES string of the molecule is CC(NC(=O)OCc1ccccc1)C(=O)NC(CCCN=C(N)N)C(=O)Nc1ccc([N+](=O)[O-])cc1.Cl. The summed E-state index contributed by atoms with van der Waals surface area (Å²) in [7, 11) is 0. The molecule has 3 amide bonds. The number of alkyl carbamates (subject to hydrolysis) is 1. The van der Waals surface area contributed by atoms with Crippen LogP contribution in [0.2, 0.25) is 0 Å². The fourth-order valence-corrected chi connectivity index (χ4v) is 2.97. The number of carbonyl (C=O) groups excluding carboxylic acids is 3. The van der Waals surface area contributed by atoms with Gasteiger partial charge in [-0.05, 0) is 37.5 Å². The zero-order chi connectivity index (χ0) is 26.5. The van der Waals surface area contributed by atoms with E-state index < -0.39 is 34.9 Å². The molecule has 0 saturated carbocycles. The van der Waals surface area contributed by atoms with Crippen molar-refractivity contribution < 1.29 is 24.0 Å². The second kappa shape index (κ2) is 15.6. The molecule has 0 spiro atoms. The van der Waals surface area contributed by atoms with Gasteiger partial charge >= 0.3 is 6.09 Å². The van der Waals surface area contributed by atoms with Crippen molar-refractivity contribution in [2.45, 2.75) is 38.5 Å². The molecule has 200 valence electrons. The van der Waals surface area contributed by atoms with Gasteiger partial charge in [0.15, 0.2) is 5.96 Å². The Morgan fingerprint density at radius 1 is 1.03 bits per heavy atom. The molecule has 0 saturated heterocycles. The fourth-order valence-electron chi connectivity index (χ4n) is 2.97. The molecule has 14 heteroatoms. The Morgan fingerprint density at radius 2 is 1.68 bits per heavy atom.